The van der Waals surface area contributed by atoms with Gasteiger partial charge in [0.15, 0.2) is 16.9 Å². The van der Waals surface area contributed by atoms with E-state index in [2.05, 4.69) is 33.9 Å². The number of rotatable bonds is 13. The zero-order valence-electron chi connectivity index (χ0n) is 32.7. The molecule has 0 spiro atoms. The van der Waals surface area contributed by atoms with E-state index in [9.17, 15) is 32.1 Å². The van der Waals surface area contributed by atoms with Gasteiger partial charge in [0.05, 0.1) is 41.6 Å². The van der Waals surface area contributed by atoms with Gasteiger partial charge in [-0.1, -0.05) is 24.3 Å². The van der Waals surface area contributed by atoms with Gasteiger partial charge in [0.25, 0.3) is 27.8 Å². The summed E-state index contributed by atoms with van der Waals surface area (Å²) in [6, 6.07) is 18.3. The van der Waals surface area contributed by atoms with Crippen molar-refractivity contribution in [3.8, 4) is 11.5 Å². The first-order valence-corrected chi connectivity index (χ1v) is 21.5. The molecule has 5 N–H and O–H groups in total. The lowest BCUT2D eigenvalue weighted by Gasteiger charge is -2.38. The summed E-state index contributed by atoms with van der Waals surface area (Å²) in [7, 11) is -1.56. The largest absolute Gasteiger partial charge is 0.493 e. The Hall–Kier alpha value is -5.56. The molecule has 5 aromatic rings. The molecule has 0 radical (unpaired) electrons. The highest BCUT2D eigenvalue weighted by Crippen LogP contribution is 2.40. The van der Waals surface area contributed by atoms with Gasteiger partial charge >= 0.3 is 0 Å². The predicted molar refractivity (Wildman–Crippen MR) is 230 cm³/mol. The number of thiophene rings is 1. The van der Waals surface area contributed by atoms with Gasteiger partial charge < -0.3 is 40.2 Å². The van der Waals surface area contributed by atoms with Gasteiger partial charge in [-0.15, -0.1) is 11.3 Å². The molecular weight excluding hydrogens is 817 g/mol. The van der Waals surface area contributed by atoms with Crippen LogP contribution in [-0.4, -0.2) is 82.5 Å². The number of amides is 4. The number of fused-ring (bicyclic) bond motifs is 4. The zero-order chi connectivity index (χ0) is 42.2. The van der Waals surface area contributed by atoms with Gasteiger partial charge in [-0.05, 0) is 79.6 Å². The monoisotopic (exact) mass is 860 g/mol. The summed E-state index contributed by atoms with van der Waals surface area (Å²) in [4.78, 5) is 54.7. The fourth-order valence-corrected chi connectivity index (χ4v) is 9.11. The Labute approximate surface area is 350 Å². The number of nitrogens with zero attached hydrogens (tertiary/aromatic N) is 2. The number of ether oxygens (including phenoxy) is 2. The third-order valence-corrected chi connectivity index (χ3v) is 12.4. The van der Waals surface area contributed by atoms with Crippen molar-refractivity contribution in [2.24, 2.45) is 7.05 Å². The summed E-state index contributed by atoms with van der Waals surface area (Å²) in [5, 5.41) is 10.8. The van der Waals surface area contributed by atoms with Crippen molar-refractivity contribution in [3.63, 3.8) is 0 Å². The minimum atomic E-state index is -4.67. The molecule has 2 atom stereocenters. The van der Waals surface area contributed by atoms with Crippen LogP contribution in [0.3, 0.4) is 0 Å². The number of thiol groups is 1. The van der Waals surface area contributed by atoms with Crippen molar-refractivity contribution >= 4 is 84.9 Å². The zero-order valence-corrected chi connectivity index (χ0v) is 35.2. The minimum absolute atomic E-state index is 0.0650. The third-order valence-electron chi connectivity index (χ3n) is 10.1. The molecule has 1 unspecified atom stereocenters. The topological polar surface area (TPSA) is 197 Å². The van der Waals surface area contributed by atoms with Crippen LogP contribution >= 0.6 is 24.0 Å². The maximum Gasteiger partial charge on any atom is 0.288 e. The molecule has 7 rings (SSSR count). The van der Waals surface area contributed by atoms with Crippen molar-refractivity contribution in [1.29, 1.82) is 0 Å². The Kier molecular flexibility index (Phi) is 11.7. The summed E-state index contributed by atoms with van der Waals surface area (Å²) in [5.41, 5.74) is 3.37. The van der Waals surface area contributed by atoms with Crippen LogP contribution in [0.15, 0.2) is 72.9 Å². The lowest BCUT2D eigenvalue weighted by Crippen LogP contribution is -2.53. The predicted octanol–water partition coefficient (Wildman–Crippen LogP) is 5.94. The lowest BCUT2D eigenvalue weighted by atomic mass is 9.93. The van der Waals surface area contributed by atoms with Crippen molar-refractivity contribution in [3.05, 3.63) is 100 Å². The van der Waals surface area contributed by atoms with Gasteiger partial charge in [-0.25, -0.2) is 0 Å². The molecule has 0 saturated heterocycles. The summed E-state index contributed by atoms with van der Waals surface area (Å²) < 4.78 is 49.3. The van der Waals surface area contributed by atoms with E-state index in [1.807, 2.05) is 44.2 Å². The Morgan fingerprint density at radius 1 is 1.00 bits per heavy atom. The number of carbonyl (C=O) groups excluding carboxylic acids is 4. The van der Waals surface area contributed by atoms with E-state index in [0.717, 1.165) is 21.2 Å². The number of aryl methyl sites for hydroxylation is 1. The van der Waals surface area contributed by atoms with Gasteiger partial charge in [0, 0.05) is 54.0 Å². The second-order valence-electron chi connectivity index (χ2n) is 15.1. The van der Waals surface area contributed by atoms with Gasteiger partial charge in [-0.2, -0.15) is 21.0 Å². The SMILES string of the molecule is COc1cc2c(cc1OCCCC(=O)Nc1cc(C(=O)Nc3ccc4sc(C(=O)NCC(C)(C)S)cc4c3)n(C)c1)NC(S(=O)(=O)O)[C@@H]1Cc3ccccc3CN1C2=O. The average molecular weight is 861 g/mol. The quantitative estimate of drug-likeness (QED) is 0.0468. The number of anilines is 3. The Balaban J connectivity index is 0.950. The van der Waals surface area contributed by atoms with E-state index in [0.29, 0.717) is 28.5 Å². The number of hydrogen-bond donors (Lipinski definition) is 6. The van der Waals surface area contributed by atoms with Crippen LogP contribution in [0.4, 0.5) is 17.1 Å². The van der Waals surface area contributed by atoms with E-state index in [1.54, 1.807) is 42.1 Å². The number of benzene rings is 3. The second-order valence-corrected chi connectivity index (χ2v) is 19.0. The van der Waals surface area contributed by atoms with Gasteiger partial charge in [-0.3, -0.25) is 23.7 Å². The van der Waals surface area contributed by atoms with E-state index in [1.165, 1.54) is 35.5 Å². The molecule has 3 aromatic carbocycles. The van der Waals surface area contributed by atoms with Crippen LogP contribution in [0.1, 0.15) is 68.3 Å². The molecule has 18 heteroatoms. The molecule has 0 fully saturated rings. The number of aromatic nitrogens is 1. The lowest BCUT2D eigenvalue weighted by molar-refractivity contribution is -0.116. The van der Waals surface area contributed by atoms with E-state index in [-0.39, 0.29) is 77.6 Å². The highest BCUT2D eigenvalue weighted by molar-refractivity contribution is 7.86. The first-order valence-electron chi connectivity index (χ1n) is 18.7. The Morgan fingerprint density at radius 2 is 1.76 bits per heavy atom. The molecule has 15 nitrogen and oxygen atoms in total. The minimum Gasteiger partial charge on any atom is -0.493 e. The molecule has 59 heavy (non-hydrogen) atoms. The second kappa shape index (κ2) is 16.6. The number of carbonyl (C=O) groups is 4. The van der Waals surface area contributed by atoms with Crippen LogP contribution in [0.5, 0.6) is 11.5 Å². The molecule has 2 aliphatic heterocycles. The Morgan fingerprint density at radius 3 is 2.49 bits per heavy atom. The molecule has 4 heterocycles. The number of nitrogens with one attached hydrogen (secondary N) is 4. The summed E-state index contributed by atoms with van der Waals surface area (Å²) >= 11 is 5.81. The molecule has 0 saturated carbocycles. The van der Waals surface area contributed by atoms with Crippen molar-refractivity contribution < 1.29 is 41.6 Å². The molecule has 4 amide bonds. The summed E-state index contributed by atoms with van der Waals surface area (Å²) in [6.45, 7) is 4.47. The highest BCUT2D eigenvalue weighted by atomic mass is 32.2. The normalized spacial score (nSPS) is 16.2. The molecule has 310 valence electrons. The molecule has 0 bridgehead atoms. The maximum atomic E-state index is 13.9. The van der Waals surface area contributed by atoms with Crippen LogP contribution in [0, 0.1) is 0 Å². The first-order chi connectivity index (χ1) is 28.0. The van der Waals surface area contributed by atoms with E-state index >= 15 is 0 Å². The van der Waals surface area contributed by atoms with Crippen molar-refractivity contribution in [1.82, 2.24) is 14.8 Å². The number of hydrogen-bond acceptors (Lipinski definition) is 11. The molecular formula is C41H44N6O9S3. The van der Waals surface area contributed by atoms with E-state index < -0.39 is 27.4 Å². The van der Waals surface area contributed by atoms with Crippen LogP contribution in [0.25, 0.3) is 10.1 Å². The fraction of sp³-hybridized carbons (Fsp3) is 0.317. The number of methoxy groups -OCH3 is 1. The first kappa shape index (κ1) is 41.6. The summed E-state index contributed by atoms with van der Waals surface area (Å²) in [5.74, 6) is -0.879. The molecule has 2 aromatic heterocycles. The van der Waals surface area contributed by atoms with Crippen LogP contribution in [0.2, 0.25) is 0 Å². The molecule has 0 aliphatic carbocycles. The third kappa shape index (κ3) is 9.35. The van der Waals surface area contributed by atoms with E-state index in [4.69, 9.17) is 9.47 Å². The van der Waals surface area contributed by atoms with Crippen molar-refractivity contribution in [2.45, 2.75) is 55.8 Å². The average Bonchev–Trinajstić information content (AvgIpc) is 3.75. The van der Waals surface area contributed by atoms with Crippen LogP contribution in [-0.2, 0) is 34.9 Å². The van der Waals surface area contributed by atoms with Crippen LogP contribution < -0.4 is 30.7 Å². The van der Waals surface area contributed by atoms with Gasteiger partial charge in [0.2, 0.25) is 5.91 Å². The van der Waals surface area contributed by atoms with Crippen molar-refractivity contribution in [2.75, 3.05) is 36.2 Å². The maximum absolute atomic E-state index is 13.9. The smallest absolute Gasteiger partial charge is 0.288 e. The standard InChI is InChI=1S/C41H44N6O9S3/c1-41(2,57)22-42-38(50)35-16-25-14-26(11-12-34(25)58-35)44-37(49)30-17-27(21-46(30)3)43-36(48)10-7-13-56-33-19-29-28(18-32(33)55-4)40(51)47-20-24-9-6-5-8-23(24)15-31(47)39(45-29)59(52,53)54/h5-6,8-9,11-12,14,16-19,21,31,39,45,57H,7,10,13,15,20,22H2,1-4H3,(H,42,50)(H,43,48)(H,44,49)(H,52,53,54)/t31-,39?/m0/s1. The highest BCUT2D eigenvalue weighted by Gasteiger charge is 2.45. The molecule has 2 aliphatic rings. The fourth-order valence-electron chi connectivity index (χ4n) is 7.15. The summed E-state index contributed by atoms with van der Waals surface area (Å²) in [6.07, 6.45) is 2.20. The van der Waals surface area contributed by atoms with Gasteiger partial charge in [0.1, 0.15) is 5.69 Å². The Bertz CT molecular complexity index is 2580.